The fourth-order valence-corrected chi connectivity index (χ4v) is 0.231. The second kappa shape index (κ2) is 2.77. The standard InChI is InChI=1S/C5H10FNO2/c1-5(3-6,7-2)4(8)9/h7H,3H2,1-2H3,(H,8,9)/t5-/m0/s1. The SMILES string of the molecule is CN[C@@](C)(CF)C(=O)O. The first-order valence-corrected chi connectivity index (χ1v) is 2.55. The number of hydrogen-bond acceptors (Lipinski definition) is 2. The van der Waals surface area contributed by atoms with Gasteiger partial charge in [-0.2, -0.15) is 0 Å². The molecule has 9 heavy (non-hydrogen) atoms. The Bertz CT molecular complexity index is 112. The smallest absolute Gasteiger partial charge is 0.326 e. The maximum atomic E-state index is 11.8. The maximum Gasteiger partial charge on any atom is 0.326 e. The van der Waals surface area contributed by atoms with Crippen molar-refractivity contribution in [2.45, 2.75) is 12.5 Å². The summed E-state index contributed by atoms with van der Waals surface area (Å²) in [5, 5.41) is 10.7. The highest BCUT2D eigenvalue weighted by atomic mass is 19.1. The largest absolute Gasteiger partial charge is 0.480 e. The highest BCUT2D eigenvalue weighted by Crippen LogP contribution is 2.02. The molecule has 0 radical (unpaired) electrons. The number of nitrogens with one attached hydrogen (secondary N) is 1. The molecule has 0 saturated heterocycles. The molecule has 0 aromatic rings. The van der Waals surface area contributed by atoms with Crippen molar-refractivity contribution >= 4 is 5.97 Å². The summed E-state index contributed by atoms with van der Waals surface area (Å²) in [7, 11) is 1.41. The lowest BCUT2D eigenvalue weighted by atomic mass is 10.1. The van der Waals surface area contributed by atoms with E-state index in [9.17, 15) is 9.18 Å². The number of aliphatic carboxylic acids is 1. The summed E-state index contributed by atoms with van der Waals surface area (Å²) in [5.74, 6) is -1.17. The third-order valence-electron chi connectivity index (χ3n) is 1.29. The molecule has 2 N–H and O–H groups in total. The molecule has 4 heteroatoms. The van der Waals surface area contributed by atoms with Crippen molar-refractivity contribution in [1.82, 2.24) is 5.32 Å². The van der Waals surface area contributed by atoms with Crippen molar-refractivity contribution in [3.63, 3.8) is 0 Å². The first kappa shape index (κ1) is 8.36. The summed E-state index contributed by atoms with van der Waals surface area (Å²) in [6.45, 7) is 0.383. The number of hydrogen-bond donors (Lipinski definition) is 2. The summed E-state index contributed by atoms with van der Waals surface area (Å²) in [5.41, 5.74) is -1.42. The summed E-state index contributed by atoms with van der Waals surface area (Å²) in [6, 6.07) is 0. The summed E-state index contributed by atoms with van der Waals surface area (Å²) in [4.78, 5) is 10.2. The number of rotatable bonds is 3. The van der Waals surface area contributed by atoms with E-state index in [1.54, 1.807) is 0 Å². The fraction of sp³-hybridized carbons (Fsp3) is 0.800. The van der Waals surface area contributed by atoms with E-state index < -0.39 is 18.2 Å². The van der Waals surface area contributed by atoms with Gasteiger partial charge in [-0.15, -0.1) is 0 Å². The highest BCUT2D eigenvalue weighted by molar-refractivity contribution is 5.78. The zero-order valence-corrected chi connectivity index (χ0v) is 5.44. The molecule has 0 spiro atoms. The van der Waals surface area contributed by atoms with Crippen molar-refractivity contribution in [3.8, 4) is 0 Å². The summed E-state index contributed by atoms with van der Waals surface area (Å²) >= 11 is 0. The minimum atomic E-state index is -1.42. The minimum absolute atomic E-state index is 0.904. The average molecular weight is 135 g/mol. The van der Waals surface area contributed by atoms with Crippen LogP contribution >= 0.6 is 0 Å². The summed E-state index contributed by atoms with van der Waals surface area (Å²) < 4.78 is 11.8. The third-order valence-corrected chi connectivity index (χ3v) is 1.29. The van der Waals surface area contributed by atoms with Crippen LogP contribution in [0.3, 0.4) is 0 Å². The van der Waals surface area contributed by atoms with Crippen LogP contribution in [-0.2, 0) is 4.79 Å². The first-order chi connectivity index (χ1) is 4.06. The van der Waals surface area contributed by atoms with Gasteiger partial charge in [0.1, 0.15) is 12.2 Å². The Hall–Kier alpha value is -0.640. The zero-order valence-electron chi connectivity index (χ0n) is 5.44. The van der Waals surface area contributed by atoms with Crippen molar-refractivity contribution in [3.05, 3.63) is 0 Å². The van der Waals surface area contributed by atoms with Crippen LogP contribution < -0.4 is 5.32 Å². The molecule has 54 valence electrons. The molecule has 0 rings (SSSR count). The third kappa shape index (κ3) is 1.64. The van der Waals surface area contributed by atoms with Gasteiger partial charge in [0.05, 0.1) is 0 Å². The average Bonchev–Trinajstić information content (AvgIpc) is 1.86. The van der Waals surface area contributed by atoms with Gasteiger partial charge >= 0.3 is 5.97 Å². The van der Waals surface area contributed by atoms with Gasteiger partial charge in [0.2, 0.25) is 0 Å². The minimum Gasteiger partial charge on any atom is -0.480 e. The first-order valence-electron chi connectivity index (χ1n) is 2.55. The van der Waals surface area contributed by atoms with E-state index in [0.717, 1.165) is 0 Å². The predicted molar refractivity (Wildman–Crippen MR) is 31.1 cm³/mol. The van der Waals surface area contributed by atoms with Crippen molar-refractivity contribution in [1.29, 1.82) is 0 Å². The van der Waals surface area contributed by atoms with E-state index in [1.165, 1.54) is 14.0 Å². The molecule has 1 atom stereocenters. The van der Waals surface area contributed by atoms with E-state index in [1.807, 2.05) is 0 Å². The molecule has 0 unspecified atom stereocenters. The Labute approximate surface area is 52.9 Å². The predicted octanol–water partition coefficient (Wildman–Crippen LogP) is 0.0186. The van der Waals surface area contributed by atoms with Crippen molar-refractivity contribution < 1.29 is 14.3 Å². The second-order valence-corrected chi connectivity index (χ2v) is 2.02. The van der Waals surface area contributed by atoms with Gasteiger partial charge in [0.15, 0.2) is 0 Å². The van der Waals surface area contributed by atoms with E-state index in [2.05, 4.69) is 5.32 Å². The van der Waals surface area contributed by atoms with Gasteiger partial charge in [0.25, 0.3) is 0 Å². The van der Waals surface area contributed by atoms with Gasteiger partial charge in [0, 0.05) is 0 Å². The van der Waals surface area contributed by atoms with Crippen LogP contribution in [0.5, 0.6) is 0 Å². The highest BCUT2D eigenvalue weighted by Gasteiger charge is 2.30. The Morgan fingerprint density at radius 1 is 1.89 bits per heavy atom. The summed E-state index contributed by atoms with van der Waals surface area (Å²) in [6.07, 6.45) is 0. The Balaban J connectivity index is 4.09. The Kier molecular flexibility index (Phi) is 2.58. The van der Waals surface area contributed by atoms with Crippen LogP contribution in [-0.4, -0.2) is 30.3 Å². The van der Waals surface area contributed by atoms with Crippen LogP contribution in [0.4, 0.5) is 4.39 Å². The number of alkyl halides is 1. The molecule has 0 aromatic heterocycles. The normalized spacial score (nSPS) is 16.8. The number of likely N-dealkylation sites (N-methyl/N-ethyl adjacent to an activating group) is 1. The number of carboxylic acid groups (broad SMARTS) is 1. The van der Waals surface area contributed by atoms with Crippen LogP contribution in [0, 0.1) is 0 Å². The van der Waals surface area contributed by atoms with Crippen LogP contribution in [0.15, 0.2) is 0 Å². The van der Waals surface area contributed by atoms with Gasteiger partial charge in [-0.25, -0.2) is 4.39 Å². The van der Waals surface area contributed by atoms with Gasteiger partial charge in [-0.1, -0.05) is 0 Å². The van der Waals surface area contributed by atoms with E-state index >= 15 is 0 Å². The van der Waals surface area contributed by atoms with E-state index in [0.29, 0.717) is 0 Å². The lowest BCUT2D eigenvalue weighted by Gasteiger charge is -2.18. The quantitative estimate of drug-likeness (QED) is 0.573. The molecule has 0 aliphatic rings. The van der Waals surface area contributed by atoms with Crippen LogP contribution in [0.2, 0.25) is 0 Å². The van der Waals surface area contributed by atoms with E-state index in [-0.39, 0.29) is 0 Å². The van der Waals surface area contributed by atoms with E-state index in [4.69, 9.17) is 5.11 Å². The molecule has 0 saturated carbocycles. The van der Waals surface area contributed by atoms with Gasteiger partial charge < -0.3 is 10.4 Å². The molecule has 0 aromatic carbocycles. The monoisotopic (exact) mass is 135 g/mol. The molecule has 3 nitrogen and oxygen atoms in total. The molecular weight excluding hydrogens is 125 g/mol. The topological polar surface area (TPSA) is 49.3 Å². The second-order valence-electron chi connectivity index (χ2n) is 2.02. The fourth-order valence-electron chi connectivity index (χ4n) is 0.231. The Morgan fingerprint density at radius 3 is 2.33 bits per heavy atom. The molecular formula is C5H10FNO2. The van der Waals surface area contributed by atoms with Gasteiger partial charge in [-0.05, 0) is 14.0 Å². The lowest BCUT2D eigenvalue weighted by Crippen LogP contribution is -2.49. The molecule has 0 heterocycles. The Morgan fingerprint density at radius 2 is 2.33 bits per heavy atom. The van der Waals surface area contributed by atoms with Crippen LogP contribution in [0.1, 0.15) is 6.92 Å². The van der Waals surface area contributed by atoms with Gasteiger partial charge in [-0.3, -0.25) is 4.79 Å². The van der Waals surface area contributed by atoms with Crippen molar-refractivity contribution in [2.75, 3.05) is 13.7 Å². The zero-order chi connectivity index (χ0) is 7.49. The van der Waals surface area contributed by atoms with Crippen LogP contribution in [0.25, 0.3) is 0 Å². The molecule has 0 bridgehead atoms. The molecule has 0 aliphatic carbocycles. The number of halogens is 1. The number of carboxylic acids is 1. The maximum absolute atomic E-state index is 11.8. The number of carbonyl (C=O) groups is 1. The molecule has 0 aliphatic heterocycles. The molecule has 0 amide bonds. The van der Waals surface area contributed by atoms with Crippen molar-refractivity contribution in [2.24, 2.45) is 0 Å². The molecule has 0 fully saturated rings. The lowest BCUT2D eigenvalue weighted by molar-refractivity contribution is -0.144.